The van der Waals surface area contributed by atoms with Gasteiger partial charge in [-0.3, -0.25) is 0 Å². The zero-order valence-electron chi connectivity index (χ0n) is 12.0. The van der Waals surface area contributed by atoms with Crippen LogP contribution in [0.2, 0.25) is 0 Å². The van der Waals surface area contributed by atoms with E-state index in [1.54, 1.807) is 6.20 Å². The number of aromatic nitrogens is 3. The molecule has 1 saturated carbocycles. The molecule has 1 aliphatic carbocycles. The molecule has 6 heteroatoms. The van der Waals surface area contributed by atoms with Gasteiger partial charge in [-0.2, -0.15) is 0 Å². The largest absolute Gasteiger partial charge is 0.444 e. The van der Waals surface area contributed by atoms with E-state index in [1.807, 2.05) is 20.9 Å². The molecule has 2 aromatic heterocycles. The first-order valence-electron chi connectivity index (χ1n) is 6.89. The minimum Gasteiger partial charge on any atom is -0.444 e. The molecule has 0 atom stereocenters. The average molecular weight is 273 g/mol. The molecule has 1 aliphatic rings. The van der Waals surface area contributed by atoms with Crippen LogP contribution >= 0.6 is 0 Å². The van der Waals surface area contributed by atoms with Crippen LogP contribution in [0.3, 0.4) is 0 Å². The molecular weight excluding hydrogens is 254 g/mol. The van der Waals surface area contributed by atoms with Crippen molar-refractivity contribution >= 4 is 11.6 Å². The molecule has 1 fully saturated rings. The minimum atomic E-state index is 0.521. The molecule has 0 amide bonds. The number of hydrogen-bond acceptors (Lipinski definition) is 6. The van der Waals surface area contributed by atoms with Crippen LogP contribution < -0.4 is 10.6 Å². The summed E-state index contributed by atoms with van der Waals surface area (Å²) in [4.78, 5) is 13.4. The standard InChI is InChI=1S/C14H19N5O/c1-8-6-16-11(20-8)7-17-13-9(2)12(15-3)18-14(19-13)10-4-5-10/h6,10H,4-5,7H2,1-3H3,(H2,15,17,18,19). The van der Waals surface area contributed by atoms with Gasteiger partial charge >= 0.3 is 0 Å². The predicted octanol–water partition coefficient (Wildman–Crippen LogP) is 2.61. The SMILES string of the molecule is CNc1nc(C2CC2)nc(NCc2ncc(C)o2)c1C. The van der Waals surface area contributed by atoms with Crippen LogP contribution in [0, 0.1) is 13.8 Å². The second kappa shape index (κ2) is 5.11. The number of nitrogens with zero attached hydrogens (tertiary/aromatic N) is 3. The first kappa shape index (κ1) is 12.9. The van der Waals surface area contributed by atoms with Crippen molar-refractivity contribution in [1.82, 2.24) is 15.0 Å². The maximum atomic E-state index is 5.46. The topological polar surface area (TPSA) is 75.9 Å². The number of anilines is 2. The highest BCUT2D eigenvalue weighted by Gasteiger charge is 2.28. The summed E-state index contributed by atoms with van der Waals surface area (Å²) in [7, 11) is 1.88. The molecule has 3 rings (SSSR count). The predicted molar refractivity (Wildman–Crippen MR) is 76.9 cm³/mol. The molecule has 0 aliphatic heterocycles. The van der Waals surface area contributed by atoms with Crippen LogP contribution in [-0.4, -0.2) is 22.0 Å². The second-order valence-electron chi connectivity index (χ2n) is 5.15. The highest BCUT2D eigenvalue weighted by Crippen LogP contribution is 2.39. The van der Waals surface area contributed by atoms with E-state index >= 15 is 0 Å². The van der Waals surface area contributed by atoms with Gasteiger partial charge in [-0.1, -0.05) is 0 Å². The molecule has 0 bridgehead atoms. The van der Waals surface area contributed by atoms with E-state index in [9.17, 15) is 0 Å². The number of rotatable bonds is 5. The Balaban J connectivity index is 1.81. The fourth-order valence-corrected chi connectivity index (χ4v) is 2.12. The lowest BCUT2D eigenvalue weighted by atomic mass is 10.2. The molecule has 20 heavy (non-hydrogen) atoms. The Morgan fingerprint density at radius 2 is 2.00 bits per heavy atom. The monoisotopic (exact) mass is 273 g/mol. The Labute approximate surface area is 118 Å². The maximum Gasteiger partial charge on any atom is 0.213 e. The Hall–Kier alpha value is -2.11. The van der Waals surface area contributed by atoms with Crippen LogP contribution in [0.4, 0.5) is 11.6 Å². The maximum absolute atomic E-state index is 5.46. The van der Waals surface area contributed by atoms with E-state index in [4.69, 9.17) is 4.42 Å². The number of nitrogens with one attached hydrogen (secondary N) is 2. The average Bonchev–Trinajstić information content (AvgIpc) is 3.21. The summed E-state index contributed by atoms with van der Waals surface area (Å²) in [5.41, 5.74) is 1.01. The number of oxazole rings is 1. The van der Waals surface area contributed by atoms with Gasteiger partial charge in [0.05, 0.1) is 12.7 Å². The van der Waals surface area contributed by atoms with Crippen molar-refractivity contribution in [2.75, 3.05) is 17.7 Å². The zero-order valence-corrected chi connectivity index (χ0v) is 12.0. The first-order chi connectivity index (χ1) is 9.67. The van der Waals surface area contributed by atoms with Crippen LogP contribution in [-0.2, 0) is 6.54 Å². The van der Waals surface area contributed by atoms with E-state index in [-0.39, 0.29) is 0 Å². The molecule has 2 N–H and O–H groups in total. The van der Waals surface area contributed by atoms with Crippen molar-refractivity contribution in [3.05, 3.63) is 29.2 Å². The van der Waals surface area contributed by atoms with Gasteiger partial charge in [0.2, 0.25) is 5.89 Å². The fraction of sp³-hybridized carbons (Fsp3) is 0.500. The molecule has 0 saturated heterocycles. The quantitative estimate of drug-likeness (QED) is 0.872. The van der Waals surface area contributed by atoms with Gasteiger partial charge in [-0.05, 0) is 26.7 Å². The summed E-state index contributed by atoms with van der Waals surface area (Å²) < 4.78 is 5.46. The van der Waals surface area contributed by atoms with E-state index in [0.29, 0.717) is 18.4 Å². The molecule has 0 radical (unpaired) electrons. The lowest BCUT2D eigenvalue weighted by Gasteiger charge is -2.12. The Bertz CT molecular complexity index is 618. The third kappa shape index (κ3) is 2.59. The summed E-state index contributed by atoms with van der Waals surface area (Å²) in [6.07, 6.45) is 4.09. The van der Waals surface area contributed by atoms with Crippen LogP contribution in [0.15, 0.2) is 10.6 Å². The first-order valence-corrected chi connectivity index (χ1v) is 6.89. The molecule has 2 heterocycles. The van der Waals surface area contributed by atoms with Crippen molar-refractivity contribution in [1.29, 1.82) is 0 Å². The third-order valence-electron chi connectivity index (χ3n) is 3.42. The van der Waals surface area contributed by atoms with E-state index in [0.717, 1.165) is 28.8 Å². The molecule has 0 unspecified atom stereocenters. The van der Waals surface area contributed by atoms with Crippen molar-refractivity contribution in [3.63, 3.8) is 0 Å². The van der Waals surface area contributed by atoms with Gasteiger partial charge in [0.25, 0.3) is 0 Å². The van der Waals surface area contributed by atoms with E-state index in [2.05, 4.69) is 25.6 Å². The van der Waals surface area contributed by atoms with Crippen molar-refractivity contribution in [3.8, 4) is 0 Å². The van der Waals surface area contributed by atoms with Crippen molar-refractivity contribution in [2.45, 2.75) is 39.2 Å². The van der Waals surface area contributed by atoms with Gasteiger partial charge in [0.15, 0.2) is 0 Å². The van der Waals surface area contributed by atoms with Crippen LogP contribution in [0.25, 0.3) is 0 Å². The molecule has 106 valence electrons. The van der Waals surface area contributed by atoms with Gasteiger partial charge < -0.3 is 15.1 Å². The normalized spacial score (nSPS) is 14.3. The minimum absolute atomic E-state index is 0.521. The Morgan fingerprint density at radius 1 is 1.25 bits per heavy atom. The number of aryl methyl sites for hydroxylation is 1. The summed E-state index contributed by atoms with van der Waals surface area (Å²) in [6, 6.07) is 0. The molecule has 6 nitrogen and oxygen atoms in total. The highest BCUT2D eigenvalue weighted by atomic mass is 16.4. The zero-order chi connectivity index (χ0) is 14.1. The molecule has 0 aromatic carbocycles. The summed E-state index contributed by atoms with van der Waals surface area (Å²) in [5, 5.41) is 6.42. The fourth-order valence-electron chi connectivity index (χ4n) is 2.12. The highest BCUT2D eigenvalue weighted by molar-refractivity contribution is 5.57. The molecule has 0 spiro atoms. The van der Waals surface area contributed by atoms with Crippen molar-refractivity contribution < 1.29 is 4.42 Å². The summed E-state index contributed by atoms with van der Waals surface area (Å²) in [6.45, 7) is 4.42. The van der Waals surface area contributed by atoms with E-state index in [1.165, 1.54) is 12.8 Å². The van der Waals surface area contributed by atoms with Gasteiger partial charge in [0.1, 0.15) is 23.2 Å². The van der Waals surface area contributed by atoms with Gasteiger partial charge in [0, 0.05) is 18.5 Å². The van der Waals surface area contributed by atoms with Crippen LogP contribution in [0.5, 0.6) is 0 Å². The molecular formula is C14H19N5O. The van der Waals surface area contributed by atoms with Gasteiger partial charge in [-0.25, -0.2) is 15.0 Å². The second-order valence-corrected chi connectivity index (χ2v) is 5.15. The lowest BCUT2D eigenvalue weighted by molar-refractivity contribution is 0.478. The Kier molecular flexibility index (Phi) is 3.30. The summed E-state index contributed by atoms with van der Waals surface area (Å²) >= 11 is 0. The molecule has 2 aromatic rings. The third-order valence-corrected chi connectivity index (χ3v) is 3.42. The van der Waals surface area contributed by atoms with Gasteiger partial charge in [-0.15, -0.1) is 0 Å². The summed E-state index contributed by atoms with van der Waals surface area (Å²) in [5.74, 6) is 4.66. The van der Waals surface area contributed by atoms with Crippen molar-refractivity contribution in [2.24, 2.45) is 0 Å². The number of hydrogen-bond donors (Lipinski definition) is 2. The van der Waals surface area contributed by atoms with Crippen LogP contribution in [0.1, 0.15) is 41.8 Å². The lowest BCUT2D eigenvalue weighted by Crippen LogP contribution is -2.09. The Morgan fingerprint density at radius 3 is 2.60 bits per heavy atom. The smallest absolute Gasteiger partial charge is 0.213 e. The van der Waals surface area contributed by atoms with E-state index < -0.39 is 0 Å².